The van der Waals surface area contributed by atoms with Crippen LogP contribution < -0.4 is 5.32 Å². The minimum absolute atomic E-state index is 0.000784. The number of carbonyl (C=O) groups excluding carboxylic acids is 1. The van der Waals surface area contributed by atoms with Gasteiger partial charge < -0.3 is 15.0 Å². The van der Waals surface area contributed by atoms with E-state index in [-0.39, 0.29) is 30.3 Å². The number of sulfone groups is 1. The van der Waals surface area contributed by atoms with Crippen LogP contribution in [0.25, 0.3) is 0 Å². The molecule has 192 valence electrons. The molecule has 1 aliphatic rings. The lowest BCUT2D eigenvalue weighted by Gasteiger charge is -2.34. The smallest absolute Gasteiger partial charge is 0.395 e. The van der Waals surface area contributed by atoms with Crippen molar-refractivity contribution in [2.45, 2.75) is 56.6 Å². The van der Waals surface area contributed by atoms with Gasteiger partial charge in [-0.15, -0.1) is 0 Å². The second-order valence-electron chi connectivity index (χ2n) is 8.72. The molecular formula is C24H28F4N2O4S. The van der Waals surface area contributed by atoms with Crippen molar-refractivity contribution in [2.24, 2.45) is 5.92 Å². The molecule has 2 atom stereocenters. The van der Waals surface area contributed by atoms with Gasteiger partial charge in [-0.3, -0.25) is 4.79 Å². The Balaban J connectivity index is 2.04. The Morgan fingerprint density at radius 3 is 2.51 bits per heavy atom. The molecule has 0 radical (unpaired) electrons. The van der Waals surface area contributed by atoms with Crippen molar-refractivity contribution < 1.29 is 35.9 Å². The molecule has 35 heavy (non-hydrogen) atoms. The quantitative estimate of drug-likeness (QED) is 0.402. The Bertz CT molecular complexity index is 1250. The van der Waals surface area contributed by atoms with Crippen molar-refractivity contribution in [1.82, 2.24) is 4.57 Å². The number of amides is 1. The highest BCUT2D eigenvalue weighted by Gasteiger charge is 2.45. The molecule has 1 aromatic heterocycles. The summed E-state index contributed by atoms with van der Waals surface area (Å²) in [5, 5.41) is 12.0. The van der Waals surface area contributed by atoms with Crippen LogP contribution in [0.5, 0.6) is 0 Å². The maximum Gasteiger partial charge on any atom is 0.413 e. The second kappa shape index (κ2) is 10.1. The number of nitrogens with zero attached hydrogens (tertiary/aromatic N) is 1. The van der Waals surface area contributed by atoms with E-state index in [1.54, 1.807) is 6.92 Å². The number of aromatic nitrogens is 1. The van der Waals surface area contributed by atoms with Gasteiger partial charge in [-0.2, -0.15) is 13.2 Å². The number of carbonyl (C=O) groups is 1. The standard InChI is InChI=1S/C24H28F4N2O4S/c1-4-15-6-5-7-18(24(26,27)28)21(15)22-14(2)17(13-30(22)10-11-31)23(32)29-16-8-9-20(19(25)12-16)35(3,33)34/h7-9,12-13,15,21,31H,4-6,10-11H2,1-3H3,(H,29,32)/t15?,21-/m1/s1. The highest BCUT2D eigenvalue weighted by atomic mass is 32.2. The third-order valence-electron chi connectivity index (χ3n) is 6.41. The van der Waals surface area contributed by atoms with Gasteiger partial charge in [0.2, 0.25) is 0 Å². The van der Waals surface area contributed by atoms with E-state index < -0.39 is 44.1 Å². The molecule has 1 unspecified atom stereocenters. The predicted octanol–water partition coefficient (Wildman–Crippen LogP) is 4.98. The molecule has 0 saturated carbocycles. The summed E-state index contributed by atoms with van der Waals surface area (Å²) in [5.74, 6) is -3.01. The number of allylic oxidation sites excluding steroid dienone is 2. The van der Waals surface area contributed by atoms with E-state index in [2.05, 4.69) is 5.32 Å². The minimum Gasteiger partial charge on any atom is -0.395 e. The first-order chi connectivity index (χ1) is 16.3. The molecule has 3 rings (SSSR count). The zero-order valence-electron chi connectivity index (χ0n) is 19.6. The van der Waals surface area contributed by atoms with Gasteiger partial charge in [0.15, 0.2) is 9.84 Å². The molecule has 1 amide bonds. The van der Waals surface area contributed by atoms with E-state index in [1.807, 2.05) is 6.92 Å². The number of anilines is 1. The summed E-state index contributed by atoms with van der Waals surface area (Å²) in [5.41, 5.74) is 0.0859. The van der Waals surface area contributed by atoms with Gasteiger partial charge in [0.05, 0.1) is 12.2 Å². The molecule has 0 saturated heterocycles. The number of nitrogens with one attached hydrogen (secondary N) is 1. The van der Waals surface area contributed by atoms with Crippen molar-refractivity contribution in [2.75, 3.05) is 18.2 Å². The number of alkyl halides is 3. The van der Waals surface area contributed by atoms with Gasteiger partial charge in [0.25, 0.3) is 5.91 Å². The van der Waals surface area contributed by atoms with Crippen LogP contribution in [0.2, 0.25) is 0 Å². The second-order valence-corrected chi connectivity index (χ2v) is 10.7. The van der Waals surface area contributed by atoms with E-state index in [0.29, 0.717) is 30.5 Å². The van der Waals surface area contributed by atoms with Gasteiger partial charge >= 0.3 is 6.18 Å². The van der Waals surface area contributed by atoms with Gasteiger partial charge in [0, 0.05) is 41.9 Å². The predicted molar refractivity (Wildman–Crippen MR) is 124 cm³/mol. The van der Waals surface area contributed by atoms with Gasteiger partial charge in [0.1, 0.15) is 10.7 Å². The molecular weight excluding hydrogens is 488 g/mol. The van der Waals surface area contributed by atoms with E-state index in [0.717, 1.165) is 18.4 Å². The molecule has 0 spiro atoms. The summed E-state index contributed by atoms with van der Waals surface area (Å²) in [6.07, 6.45) is 0.307. The van der Waals surface area contributed by atoms with Gasteiger partial charge in [-0.25, -0.2) is 12.8 Å². The Kier molecular flexibility index (Phi) is 7.80. The summed E-state index contributed by atoms with van der Waals surface area (Å²) in [4.78, 5) is 12.5. The first-order valence-corrected chi connectivity index (χ1v) is 13.1. The molecule has 1 aromatic carbocycles. The number of aliphatic hydroxyl groups excluding tert-OH is 1. The average Bonchev–Trinajstić information content (AvgIpc) is 3.07. The summed E-state index contributed by atoms with van der Waals surface area (Å²) in [6.45, 7) is 3.04. The SMILES string of the molecule is CCC1CCC=C(C(F)(F)F)[C@@H]1c1c(C)c(C(=O)Nc2ccc(S(C)(=O)=O)c(F)c2)cn1CCO. The molecule has 2 N–H and O–H groups in total. The van der Waals surface area contributed by atoms with Crippen LogP contribution in [0.15, 0.2) is 40.9 Å². The van der Waals surface area contributed by atoms with Crippen LogP contribution in [-0.4, -0.2) is 43.0 Å². The number of aliphatic hydroxyl groups is 1. The molecule has 1 aliphatic carbocycles. The van der Waals surface area contributed by atoms with Crippen molar-refractivity contribution in [1.29, 1.82) is 0 Å². The topological polar surface area (TPSA) is 88.4 Å². The third kappa shape index (κ3) is 5.61. The zero-order valence-corrected chi connectivity index (χ0v) is 20.4. The molecule has 11 heteroatoms. The van der Waals surface area contributed by atoms with E-state index >= 15 is 0 Å². The first-order valence-electron chi connectivity index (χ1n) is 11.2. The Morgan fingerprint density at radius 1 is 1.29 bits per heavy atom. The summed E-state index contributed by atoms with van der Waals surface area (Å²) in [6, 6.07) is 3.13. The molecule has 6 nitrogen and oxygen atoms in total. The maximum absolute atomic E-state index is 14.3. The van der Waals surface area contributed by atoms with Crippen molar-refractivity contribution >= 4 is 21.4 Å². The van der Waals surface area contributed by atoms with Crippen LogP contribution in [0.1, 0.15) is 53.7 Å². The lowest BCUT2D eigenvalue weighted by atomic mass is 9.74. The number of rotatable bonds is 7. The normalized spacial score (nSPS) is 18.9. The van der Waals surface area contributed by atoms with Gasteiger partial charge in [-0.05, 0) is 49.4 Å². The maximum atomic E-state index is 14.3. The molecule has 1 heterocycles. The van der Waals surface area contributed by atoms with Crippen LogP contribution in [-0.2, 0) is 16.4 Å². The van der Waals surface area contributed by atoms with Crippen LogP contribution in [0, 0.1) is 18.7 Å². The fourth-order valence-corrected chi connectivity index (χ4v) is 5.52. The lowest BCUT2D eigenvalue weighted by Crippen LogP contribution is -2.29. The van der Waals surface area contributed by atoms with E-state index in [4.69, 9.17) is 0 Å². The Labute approximate surface area is 201 Å². The van der Waals surface area contributed by atoms with Crippen LogP contribution in [0.3, 0.4) is 0 Å². The summed E-state index contributed by atoms with van der Waals surface area (Å²) >= 11 is 0. The van der Waals surface area contributed by atoms with Gasteiger partial charge in [-0.1, -0.05) is 19.4 Å². The van der Waals surface area contributed by atoms with E-state index in [1.165, 1.54) is 22.9 Å². The highest BCUT2D eigenvalue weighted by Crippen LogP contribution is 2.48. The Morgan fingerprint density at radius 2 is 1.97 bits per heavy atom. The fourth-order valence-electron chi connectivity index (χ4n) is 4.79. The number of hydrogen-bond donors (Lipinski definition) is 2. The minimum atomic E-state index is -4.54. The van der Waals surface area contributed by atoms with E-state index in [9.17, 15) is 35.9 Å². The highest BCUT2D eigenvalue weighted by molar-refractivity contribution is 7.90. The largest absolute Gasteiger partial charge is 0.413 e. The van der Waals surface area contributed by atoms with Crippen LogP contribution >= 0.6 is 0 Å². The molecule has 0 fully saturated rings. The zero-order chi connectivity index (χ0) is 26.1. The van der Waals surface area contributed by atoms with Crippen molar-refractivity contribution in [3.8, 4) is 0 Å². The van der Waals surface area contributed by atoms with Crippen molar-refractivity contribution in [3.05, 3.63) is 58.7 Å². The fraction of sp³-hybridized carbons (Fsp3) is 0.458. The first kappa shape index (κ1) is 26.9. The molecule has 2 aromatic rings. The monoisotopic (exact) mass is 516 g/mol. The van der Waals surface area contributed by atoms with Crippen molar-refractivity contribution in [3.63, 3.8) is 0 Å². The number of halogens is 4. The van der Waals surface area contributed by atoms with Crippen LogP contribution in [0.4, 0.5) is 23.2 Å². The number of hydrogen-bond acceptors (Lipinski definition) is 4. The molecule has 0 bridgehead atoms. The Hall–Kier alpha value is -2.66. The summed E-state index contributed by atoms with van der Waals surface area (Å²) < 4.78 is 80.8. The summed E-state index contributed by atoms with van der Waals surface area (Å²) in [7, 11) is -3.80. The third-order valence-corrected chi connectivity index (χ3v) is 7.54. The lowest BCUT2D eigenvalue weighted by molar-refractivity contribution is -0.0994. The molecule has 0 aliphatic heterocycles. The average molecular weight is 517 g/mol. The number of benzene rings is 1.